The summed E-state index contributed by atoms with van der Waals surface area (Å²) in [5.41, 5.74) is 2.58. The van der Waals surface area contributed by atoms with Gasteiger partial charge in [-0.2, -0.15) is 0 Å². The van der Waals surface area contributed by atoms with Gasteiger partial charge in [-0.1, -0.05) is 12.1 Å². The van der Waals surface area contributed by atoms with Gasteiger partial charge in [0.25, 0.3) is 0 Å². The molecule has 4 N–H and O–H groups in total. The quantitative estimate of drug-likeness (QED) is 0.542. The molecule has 9 nitrogen and oxygen atoms in total. The highest BCUT2D eigenvalue weighted by atomic mass is 16.7. The lowest BCUT2D eigenvalue weighted by molar-refractivity contribution is -0.292. The summed E-state index contributed by atoms with van der Waals surface area (Å²) >= 11 is 0. The zero-order valence-electron chi connectivity index (χ0n) is 18.6. The molecule has 0 amide bonds. The maximum absolute atomic E-state index is 10.8. The Morgan fingerprint density at radius 1 is 0.939 bits per heavy atom. The fourth-order valence-corrected chi connectivity index (χ4v) is 4.85. The molecule has 3 aliphatic heterocycles. The molecule has 0 radical (unpaired) electrons. The summed E-state index contributed by atoms with van der Waals surface area (Å²) in [6.45, 7) is 3.00. The number of fused-ring (bicyclic) bond motifs is 1. The molecule has 9 heteroatoms. The number of aliphatic hydroxyl groups is 3. The Labute approximate surface area is 191 Å². The lowest BCUT2D eigenvalue weighted by Crippen LogP contribution is -2.60. The minimum Gasteiger partial charge on any atom is -0.507 e. The first-order valence-electron chi connectivity index (χ1n) is 10.9. The third-order valence-electron chi connectivity index (χ3n) is 6.76. The van der Waals surface area contributed by atoms with Crippen molar-refractivity contribution in [3.8, 4) is 23.0 Å². The van der Waals surface area contributed by atoms with Crippen LogP contribution in [0.4, 0.5) is 0 Å². The van der Waals surface area contributed by atoms with Crippen molar-refractivity contribution in [2.45, 2.75) is 63.2 Å². The van der Waals surface area contributed by atoms with E-state index in [9.17, 15) is 20.4 Å². The van der Waals surface area contributed by atoms with Crippen molar-refractivity contribution >= 4 is 0 Å². The van der Waals surface area contributed by atoms with Crippen LogP contribution in [-0.4, -0.2) is 64.8 Å². The van der Waals surface area contributed by atoms with E-state index < -0.39 is 49.5 Å². The number of aliphatic hydroxyl groups excluding tert-OH is 3. The molecule has 1 saturated heterocycles. The highest BCUT2D eigenvalue weighted by molar-refractivity contribution is 5.63. The van der Waals surface area contributed by atoms with Gasteiger partial charge < -0.3 is 44.1 Å². The predicted octanol–water partition coefficient (Wildman–Crippen LogP) is 1.80. The lowest BCUT2D eigenvalue weighted by atomic mass is 9.90. The van der Waals surface area contributed by atoms with E-state index in [1.54, 1.807) is 21.0 Å². The van der Waals surface area contributed by atoms with E-state index in [2.05, 4.69) is 0 Å². The minimum absolute atomic E-state index is 0.0337. The van der Waals surface area contributed by atoms with Crippen LogP contribution in [-0.2, 0) is 9.47 Å². The second-order valence-corrected chi connectivity index (χ2v) is 8.70. The predicted molar refractivity (Wildman–Crippen MR) is 115 cm³/mol. The number of hydrogen-bond donors (Lipinski definition) is 4. The van der Waals surface area contributed by atoms with Crippen molar-refractivity contribution < 1.29 is 44.1 Å². The van der Waals surface area contributed by atoms with Gasteiger partial charge in [-0.25, -0.2) is 0 Å². The molecule has 3 aliphatic rings. The molecule has 33 heavy (non-hydrogen) atoms. The van der Waals surface area contributed by atoms with E-state index in [-0.39, 0.29) is 5.75 Å². The van der Waals surface area contributed by atoms with Crippen LogP contribution in [0.2, 0.25) is 0 Å². The highest BCUT2D eigenvalue weighted by Crippen LogP contribution is 2.55. The average Bonchev–Trinajstić information content (AvgIpc) is 3.00. The van der Waals surface area contributed by atoms with Gasteiger partial charge in [0.15, 0.2) is 0 Å². The topological polar surface area (TPSA) is 127 Å². The number of aromatic hydroxyl groups is 1. The Morgan fingerprint density at radius 3 is 2.24 bits per heavy atom. The summed E-state index contributed by atoms with van der Waals surface area (Å²) in [5.74, 6) is 1.57. The molecule has 2 aromatic rings. The van der Waals surface area contributed by atoms with E-state index in [0.717, 1.165) is 11.3 Å². The van der Waals surface area contributed by atoms with Gasteiger partial charge >= 0.3 is 0 Å². The van der Waals surface area contributed by atoms with Crippen molar-refractivity contribution in [1.29, 1.82) is 0 Å². The smallest absolute Gasteiger partial charge is 0.229 e. The normalized spacial score (nSPS) is 32.6. The first-order valence-corrected chi connectivity index (χ1v) is 10.9. The van der Waals surface area contributed by atoms with Crippen molar-refractivity contribution in [2.75, 3.05) is 13.7 Å². The first kappa shape index (κ1) is 22.2. The summed E-state index contributed by atoms with van der Waals surface area (Å²) in [5, 5.41) is 41.5. The molecule has 1 fully saturated rings. The molecule has 0 spiro atoms. The molecule has 7 atom stereocenters. The molecule has 0 aromatic heterocycles. The van der Waals surface area contributed by atoms with Gasteiger partial charge in [0.1, 0.15) is 53.5 Å². The maximum atomic E-state index is 10.8. The van der Waals surface area contributed by atoms with Gasteiger partial charge in [0.05, 0.1) is 25.4 Å². The maximum Gasteiger partial charge on any atom is 0.229 e. The molecule has 0 saturated carbocycles. The van der Waals surface area contributed by atoms with Crippen LogP contribution in [0.3, 0.4) is 0 Å². The third kappa shape index (κ3) is 3.51. The molecule has 0 unspecified atom stereocenters. The second-order valence-electron chi connectivity index (χ2n) is 8.70. The molecule has 5 rings (SSSR count). The SMILES string of the molecule is COc1ccc([C@@H]2C[C@@H]3O[C@H]4[C@H](Oc5c(C)c(O)c(C)c(c53)O2)O[C@H](CO)[C@@H](O)[C@@H]4O)cc1. The fourth-order valence-electron chi connectivity index (χ4n) is 4.85. The number of benzene rings is 2. The molecule has 0 bridgehead atoms. The Hall–Kier alpha value is -2.56. The molecular weight excluding hydrogens is 432 g/mol. The average molecular weight is 460 g/mol. The summed E-state index contributed by atoms with van der Waals surface area (Å²) in [6, 6.07) is 7.50. The van der Waals surface area contributed by atoms with E-state index in [1.165, 1.54) is 0 Å². The zero-order chi connectivity index (χ0) is 23.4. The van der Waals surface area contributed by atoms with Gasteiger partial charge in [-0.15, -0.1) is 0 Å². The van der Waals surface area contributed by atoms with E-state index in [1.807, 2.05) is 24.3 Å². The standard InChI is InChI=1S/C24H28O9/c1-10-18(26)11(2)22-17-15(31-23-20(28)19(27)16(9-25)32-24(23)33-22)8-14(30-21(10)17)12-4-6-13(29-3)7-5-12/h4-7,14-16,19-20,23-28H,8-9H2,1-3H3/t14-,15-,16+,19+,20-,23+,24-/m0/s1. The number of hydrogen-bond acceptors (Lipinski definition) is 9. The van der Waals surface area contributed by atoms with Crippen LogP contribution in [0.1, 0.15) is 40.9 Å². The van der Waals surface area contributed by atoms with Crippen LogP contribution in [0.15, 0.2) is 24.3 Å². The van der Waals surface area contributed by atoms with E-state index >= 15 is 0 Å². The third-order valence-corrected chi connectivity index (χ3v) is 6.76. The number of ether oxygens (including phenoxy) is 5. The van der Waals surface area contributed by atoms with Crippen LogP contribution in [0.25, 0.3) is 0 Å². The second kappa shape index (κ2) is 8.34. The highest BCUT2D eigenvalue weighted by Gasteiger charge is 2.51. The molecule has 2 aromatic carbocycles. The number of methoxy groups -OCH3 is 1. The van der Waals surface area contributed by atoms with Crippen molar-refractivity contribution in [2.24, 2.45) is 0 Å². The summed E-state index contributed by atoms with van der Waals surface area (Å²) in [7, 11) is 1.60. The summed E-state index contributed by atoms with van der Waals surface area (Å²) in [4.78, 5) is 0. The van der Waals surface area contributed by atoms with Crippen LogP contribution in [0.5, 0.6) is 23.0 Å². The minimum atomic E-state index is -1.34. The van der Waals surface area contributed by atoms with Crippen LogP contribution in [0, 0.1) is 13.8 Å². The Bertz CT molecular complexity index is 1040. The largest absolute Gasteiger partial charge is 0.507 e. The Kier molecular flexibility index (Phi) is 5.62. The lowest BCUT2D eigenvalue weighted by Gasteiger charge is -2.41. The van der Waals surface area contributed by atoms with Gasteiger partial charge in [-0.05, 0) is 31.5 Å². The molecular formula is C24H28O9. The monoisotopic (exact) mass is 460 g/mol. The summed E-state index contributed by atoms with van der Waals surface area (Å²) in [6.07, 6.45) is -6.34. The zero-order valence-corrected chi connectivity index (χ0v) is 18.6. The Balaban J connectivity index is 1.59. The van der Waals surface area contributed by atoms with Crippen molar-refractivity contribution in [3.05, 3.63) is 46.5 Å². The van der Waals surface area contributed by atoms with Crippen LogP contribution >= 0.6 is 0 Å². The van der Waals surface area contributed by atoms with Gasteiger partial charge in [0.2, 0.25) is 6.29 Å². The fraction of sp³-hybridized carbons (Fsp3) is 0.500. The van der Waals surface area contributed by atoms with E-state index in [0.29, 0.717) is 34.6 Å². The molecule has 3 heterocycles. The van der Waals surface area contributed by atoms with Crippen molar-refractivity contribution in [3.63, 3.8) is 0 Å². The number of phenols is 1. The van der Waals surface area contributed by atoms with Gasteiger partial charge in [0, 0.05) is 17.5 Å². The number of rotatable bonds is 3. The molecule has 0 aliphatic carbocycles. The van der Waals surface area contributed by atoms with Gasteiger partial charge in [-0.3, -0.25) is 0 Å². The summed E-state index contributed by atoms with van der Waals surface area (Å²) < 4.78 is 29.8. The van der Waals surface area contributed by atoms with Crippen molar-refractivity contribution in [1.82, 2.24) is 0 Å². The molecule has 178 valence electrons. The first-order chi connectivity index (χ1) is 15.8. The van der Waals surface area contributed by atoms with E-state index in [4.69, 9.17) is 23.7 Å². The van der Waals surface area contributed by atoms with Crippen LogP contribution < -0.4 is 14.2 Å². The number of phenolic OH excluding ortho intramolecular Hbond substituents is 1. The Morgan fingerprint density at radius 2 is 1.61 bits per heavy atom.